The molecular weight excluding hydrogens is 160 g/mol. The largest absolute Gasteiger partial charge is 0.456 e. The van der Waals surface area contributed by atoms with Crippen LogP contribution in [0.1, 0.15) is 44.8 Å². The van der Waals surface area contributed by atoms with Crippen LogP contribution in [0.2, 0.25) is 0 Å². The van der Waals surface area contributed by atoms with Crippen LogP contribution >= 0.6 is 0 Å². The third-order valence-corrected chi connectivity index (χ3v) is 1.89. The Balaban J connectivity index is 2.11. The second-order valence-corrected chi connectivity index (χ2v) is 3.09. The Morgan fingerprint density at radius 2 is 2.23 bits per heavy atom. The Labute approximate surface area is 80.1 Å². The minimum atomic E-state index is 0.774. The van der Waals surface area contributed by atoms with Crippen LogP contribution in [0.5, 0.6) is 0 Å². The normalized spacial score (nSPS) is 9.31. The zero-order valence-corrected chi connectivity index (χ0v) is 8.18. The van der Waals surface area contributed by atoms with E-state index in [1.165, 1.54) is 25.7 Å². The Kier molecular flexibility index (Phi) is 4.86. The van der Waals surface area contributed by atoms with Crippen LogP contribution in [-0.4, -0.2) is 0 Å². The van der Waals surface area contributed by atoms with E-state index in [-0.39, 0.29) is 0 Å². The highest BCUT2D eigenvalue weighted by atomic mass is 16.3. The van der Waals surface area contributed by atoms with Crippen molar-refractivity contribution in [2.75, 3.05) is 0 Å². The predicted molar refractivity (Wildman–Crippen MR) is 54.3 cm³/mol. The molecule has 13 heavy (non-hydrogen) atoms. The van der Waals surface area contributed by atoms with Gasteiger partial charge >= 0.3 is 0 Å². The molecule has 1 rings (SSSR count). The molecule has 0 aliphatic heterocycles. The molecule has 1 nitrogen and oxygen atoms in total. The highest BCUT2D eigenvalue weighted by Gasteiger charge is 1.86. The first-order valence-electron chi connectivity index (χ1n) is 4.96. The van der Waals surface area contributed by atoms with Gasteiger partial charge in [-0.3, -0.25) is 0 Å². The summed E-state index contributed by atoms with van der Waals surface area (Å²) in [5.41, 5.74) is 0. The Hall–Kier alpha value is -1.16. The van der Waals surface area contributed by atoms with Crippen molar-refractivity contribution in [2.45, 2.75) is 39.0 Å². The van der Waals surface area contributed by atoms with E-state index in [1.54, 1.807) is 6.26 Å². The summed E-state index contributed by atoms with van der Waals surface area (Å²) < 4.78 is 5.09. The van der Waals surface area contributed by atoms with Gasteiger partial charge in [0, 0.05) is 6.42 Å². The van der Waals surface area contributed by atoms with Crippen LogP contribution in [0.3, 0.4) is 0 Å². The molecule has 0 saturated carbocycles. The number of rotatable bonds is 4. The molecule has 0 N–H and O–H groups in total. The van der Waals surface area contributed by atoms with Crippen molar-refractivity contribution < 1.29 is 4.42 Å². The molecule has 0 aliphatic carbocycles. The van der Waals surface area contributed by atoms with E-state index in [0.717, 1.165) is 12.2 Å². The van der Waals surface area contributed by atoms with Gasteiger partial charge in [0.1, 0.15) is 0 Å². The van der Waals surface area contributed by atoms with Crippen molar-refractivity contribution in [1.82, 2.24) is 0 Å². The number of unbranched alkanes of at least 4 members (excludes halogenated alkanes) is 4. The fraction of sp³-hybridized carbons (Fsp3) is 0.500. The van der Waals surface area contributed by atoms with E-state index in [9.17, 15) is 0 Å². The van der Waals surface area contributed by atoms with Gasteiger partial charge in [0.25, 0.3) is 0 Å². The minimum Gasteiger partial charge on any atom is -0.456 e. The lowest BCUT2D eigenvalue weighted by Gasteiger charge is -1.91. The maximum atomic E-state index is 5.09. The van der Waals surface area contributed by atoms with Gasteiger partial charge in [-0.1, -0.05) is 32.1 Å². The first-order chi connectivity index (χ1) is 6.43. The molecule has 0 atom stereocenters. The van der Waals surface area contributed by atoms with Gasteiger partial charge in [0.15, 0.2) is 5.76 Å². The van der Waals surface area contributed by atoms with Gasteiger partial charge in [0.2, 0.25) is 0 Å². The summed E-state index contributed by atoms with van der Waals surface area (Å²) in [6.45, 7) is 2.22. The summed E-state index contributed by atoms with van der Waals surface area (Å²) in [6.07, 6.45) is 7.75. The van der Waals surface area contributed by atoms with Crippen LogP contribution in [0.15, 0.2) is 22.8 Å². The van der Waals surface area contributed by atoms with Crippen molar-refractivity contribution in [3.05, 3.63) is 24.2 Å². The molecule has 0 spiro atoms. The summed E-state index contributed by atoms with van der Waals surface area (Å²) in [4.78, 5) is 0. The number of hydrogen-bond acceptors (Lipinski definition) is 1. The average molecular weight is 176 g/mol. The van der Waals surface area contributed by atoms with Crippen LogP contribution in [0.4, 0.5) is 0 Å². The van der Waals surface area contributed by atoms with Crippen LogP contribution in [0, 0.1) is 11.8 Å². The van der Waals surface area contributed by atoms with Crippen LogP contribution in [-0.2, 0) is 0 Å². The molecule has 0 aromatic carbocycles. The molecule has 0 unspecified atom stereocenters. The van der Waals surface area contributed by atoms with Gasteiger partial charge in [-0.15, -0.1) is 0 Å². The van der Waals surface area contributed by atoms with E-state index in [0.29, 0.717) is 0 Å². The van der Waals surface area contributed by atoms with Gasteiger partial charge in [0.05, 0.1) is 6.26 Å². The van der Waals surface area contributed by atoms with Gasteiger partial charge < -0.3 is 4.42 Å². The molecule has 70 valence electrons. The molecule has 0 saturated heterocycles. The van der Waals surface area contributed by atoms with Crippen molar-refractivity contribution in [1.29, 1.82) is 0 Å². The maximum absolute atomic E-state index is 5.09. The van der Waals surface area contributed by atoms with E-state index in [4.69, 9.17) is 4.42 Å². The lowest BCUT2D eigenvalue weighted by Crippen LogP contribution is -1.74. The monoisotopic (exact) mass is 176 g/mol. The van der Waals surface area contributed by atoms with Crippen LogP contribution < -0.4 is 0 Å². The first-order valence-corrected chi connectivity index (χ1v) is 4.96. The zero-order chi connectivity index (χ0) is 9.36. The SMILES string of the molecule is CCCCCCC#Cc1ccco1. The predicted octanol–water partition coefficient (Wildman–Crippen LogP) is 3.60. The topological polar surface area (TPSA) is 13.1 Å². The number of furan rings is 1. The zero-order valence-electron chi connectivity index (χ0n) is 8.18. The molecule has 1 heteroatoms. The quantitative estimate of drug-likeness (QED) is 0.504. The second kappa shape index (κ2) is 6.37. The minimum absolute atomic E-state index is 0.774. The molecule has 1 heterocycles. The molecule has 1 aromatic heterocycles. The van der Waals surface area contributed by atoms with Crippen LogP contribution in [0.25, 0.3) is 0 Å². The Bertz CT molecular complexity index is 261. The summed E-state index contributed by atoms with van der Waals surface area (Å²) >= 11 is 0. The molecule has 0 aliphatic rings. The second-order valence-electron chi connectivity index (χ2n) is 3.09. The smallest absolute Gasteiger partial charge is 0.176 e. The maximum Gasteiger partial charge on any atom is 0.176 e. The first kappa shape index (κ1) is 9.92. The molecule has 1 aromatic rings. The molecule has 0 fully saturated rings. The molecule has 0 amide bonds. The highest BCUT2D eigenvalue weighted by molar-refractivity contribution is 5.23. The molecular formula is C12H16O. The Morgan fingerprint density at radius 3 is 2.92 bits per heavy atom. The highest BCUT2D eigenvalue weighted by Crippen LogP contribution is 2.02. The van der Waals surface area contributed by atoms with Gasteiger partial charge in [-0.05, 0) is 24.5 Å². The van der Waals surface area contributed by atoms with E-state index < -0.39 is 0 Å². The standard InChI is InChI=1S/C12H16O/c1-2-3-4-5-6-7-9-12-10-8-11-13-12/h8,10-11H,2-6H2,1H3. The van der Waals surface area contributed by atoms with E-state index in [1.807, 2.05) is 12.1 Å². The van der Waals surface area contributed by atoms with E-state index in [2.05, 4.69) is 18.8 Å². The summed E-state index contributed by atoms with van der Waals surface area (Å²) in [5.74, 6) is 6.86. The van der Waals surface area contributed by atoms with Crippen molar-refractivity contribution in [3.63, 3.8) is 0 Å². The summed E-state index contributed by atoms with van der Waals surface area (Å²) in [7, 11) is 0. The van der Waals surface area contributed by atoms with Crippen molar-refractivity contribution >= 4 is 0 Å². The molecule has 0 radical (unpaired) electrons. The third-order valence-electron chi connectivity index (χ3n) is 1.89. The average Bonchev–Trinajstić information content (AvgIpc) is 2.63. The van der Waals surface area contributed by atoms with Gasteiger partial charge in [-0.25, -0.2) is 0 Å². The van der Waals surface area contributed by atoms with Gasteiger partial charge in [-0.2, -0.15) is 0 Å². The third kappa shape index (κ3) is 4.42. The Morgan fingerprint density at radius 1 is 1.31 bits per heavy atom. The molecule has 0 bridgehead atoms. The lowest BCUT2D eigenvalue weighted by atomic mass is 10.1. The summed E-state index contributed by atoms with van der Waals surface area (Å²) in [5, 5.41) is 0. The van der Waals surface area contributed by atoms with Crippen molar-refractivity contribution in [3.8, 4) is 11.8 Å². The van der Waals surface area contributed by atoms with E-state index >= 15 is 0 Å². The van der Waals surface area contributed by atoms with Crippen molar-refractivity contribution in [2.24, 2.45) is 0 Å². The summed E-state index contributed by atoms with van der Waals surface area (Å²) in [6, 6.07) is 3.75. The number of hydrogen-bond donors (Lipinski definition) is 0. The lowest BCUT2D eigenvalue weighted by molar-refractivity contribution is 0.554. The fourth-order valence-electron chi connectivity index (χ4n) is 1.14. The fourth-order valence-corrected chi connectivity index (χ4v) is 1.14.